The first-order chi connectivity index (χ1) is 13.7. The number of thioether (sulfide) groups is 1. The third kappa shape index (κ3) is 7.36. The predicted molar refractivity (Wildman–Crippen MR) is 121 cm³/mol. The van der Waals surface area contributed by atoms with Crippen LogP contribution in [0.1, 0.15) is 36.8 Å². The molecule has 0 spiro atoms. The molecule has 0 bridgehead atoms. The second-order valence-corrected chi connectivity index (χ2v) is 9.47. The Morgan fingerprint density at radius 3 is 2.38 bits per heavy atom. The summed E-state index contributed by atoms with van der Waals surface area (Å²) in [5, 5.41) is -0.484. The Labute approximate surface area is 186 Å². The number of aryl methyl sites for hydroxylation is 1. The van der Waals surface area contributed by atoms with Crippen molar-refractivity contribution in [3.63, 3.8) is 0 Å². The van der Waals surface area contributed by atoms with Crippen molar-refractivity contribution < 1.29 is 13.9 Å². The van der Waals surface area contributed by atoms with E-state index in [-0.39, 0.29) is 0 Å². The molecule has 0 fully saturated rings. The van der Waals surface area contributed by atoms with Gasteiger partial charge in [-0.3, -0.25) is 4.79 Å². The van der Waals surface area contributed by atoms with Gasteiger partial charge in [-0.15, -0.1) is 18.3 Å². The van der Waals surface area contributed by atoms with Gasteiger partial charge in [0.1, 0.15) is 0 Å². The van der Waals surface area contributed by atoms with Gasteiger partial charge in [-0.25, -0.2) is 4.39 Å². The minimum Gasteiger partial charge on any atom is -0.454 e. The van der Waals surface area contributed by atoms with Crippen LogP contribution in [0.25, 0.3) is 0 Å². The van der Waals surface area contributed by atoms with Gasteiger partial charge < -0.3 is 4.74 Å². The van der Waals surface area contributed by atoms with E-state index in [1.54, 1.807) is 13.0 Å². The minimum absolute atomic E-state index is 0.484. The number of rotatable bonds is 10. The molecule has 0 amide bonds. The lowest BCUT2D eigenvalue weighted by atomic mass is 10.0. The summed E-state index contributed by atoms with van der Waals surface area (Å²) in [4.78, 5) is 13.7. The average Bonchev–Trinajstić information content (AvgIpc) is 2.70. The Kier molecular flexibility index (Phi) is 9.06. The number of carbonyl (C=O) groups is 1. The summed E-state index contributed by atoms with van der Waals surface area (Å²) in [5.41, 5.74) is 1.89. The van der Waals surface area contributed by atoms with Gasteiger partial charge in [-0.2, -0.15) is 0 Å². The fourth-order valence-corrected chi connectivity index (χ4v) is 4.61. The molecule has 0 N–H and O–H groups in total. The molecule has 0 saturated heterocycles. The molecule has 2 aromatic rings. The first-order valence-electron chi connectivity index (χ1n) is 9.38. The van der Waals surface area contributed by atoms with E-state index in [4.69, 9.17) is 27.9 Å². The zero-order valence-corrected chi connectivity index (χ0v) is 18.8. The van der Waals surface area contributed by atoms with Gasteiger partial charge in [0.05, 0.1) is 11.2 Å². The van der Waals surface area contributed by atoms with E-state index in [9.17, 15) is 9.18 Å². The van der Waals surface area contributed by atoms with Crippen molar-refractivity contribution >= 4 is 40.9 Å². The van der Waals surface area contributed by atoms with Crippen molar-refractivity contribution in [1.82, 2.24) is 0 Å². The Morgan fingerprint density at radius 1 is 1.21 bits per heavy atom. The highest BCUT2D eigenvalue weighted by Gasteiger charge is 2.44. The maximum atomic E-state index is 14.7. The maximum absolute atomic E-state index is 14.7. The zero-order chi connectivity index (χ0) is 21.4. The number of benzene rings is 2. The number of allylic oxidation sites excluding steroid dienone is 1. The molecule has 0 aliphatic carbocycles. The van der Waals surface area contributed by atoms with Gasteiger partial charge in [0.25, 0.3) is 4.59 Å². The van der Waals surface area contributed by atoms with Gasteiger partial charge >= 0.3 is 5.97 Å². The van der Waals surface area contributed by atoms with Gasteiger partial charge in [0, 0.05) is 4.90 Å². The fourth-order valence-electron chi connectivity index (χ4n) is 2.80. The van der Waals surface area contributed by atoms with Crippen LogP contribution in [0.15, 0.2) is 72.1 Å². The average molecular weight is 455 g/mol. The highest BCUT2D eigenvalue weighted by atomic mass is 35.5. The van der Waals surface area contributed by atoms with Crippen LogP contribution in [-0.4, -0.2) is 21.9 Å². The van der Waals surface area contributed by atoms with Crippen LogP contribution in [0.3, 0.4) is 0 Å². The summed E-state index contributed by atoms with van der Waals surface area (Å²) in [6, 6.07) is 17.0. The first-order valence-corrected chi connectivity index (χ1v) is 11.0. The summed E-state index contributed by atoms with van der Waals surface area (Å²) in [6.07, 6.45) is 1.51. The predicted octanol–water partition coefficient (Wildman–Crippen LogP) is 7.24. The molecule has 0 heterocycles. The fraction of sp³-hybridized carbons (Fsp3) is 0.348. The molecule has 6 heteroatoms. The SMILES string of the molecule is C=CCC[C@@H](Sc1ccc(C)cc1)[C@H](OC(=O)[C@@H](C)c1ccccc1)C(F)(Cl)Cl. The summed E-state index contributed by atoms with van der Waals surface area (Å²) >= 11 is 13.1. The third-order valence-electron chi connectivity index (χ3n) is 4.52. The smallest absolute Gasteiger partial charge is 0.313 e. The second kappa shape index (κ2) is 11.1. The molecule has 29 heavy (non-hydrogen) atoms. The van der Waals surface area contributed by atoms with Crippen molar-refractivity contribution in [1.29, 1.82) is 0 Å². The van der Waals surface area contributed by atoms with E-state index in [1.165, 1.54) is 11.8 Å². The Morgan fingerprint density at radius 2 is 1.83 bits per heavy atom. The van der Waals surface area contributed by atoms with Gasteiger partial charge in [-0.05, 0) is 44.4 Å². The van der Waals surface area contributed by atoms with Crippen LogP contribution in [0.2, 0.25) is 0 Å². The molecular formula is C23H25Cl2FO2S. The largest absolute Gasteiger partial charge is 0.454 e. The lowest BCUT2D eigenvalue weighted by molar-refractivity contribution is -0.153. The molecular weight excluding hydrogens is 430 g/mol. The van der Waals surface area contributed by atoms with Crippen molar-refractivity contribution in [2.45, 2.75) is 53.4 Å². The maximum Gasteiger partial charge on any atom is 0.313 e. The van der Waals surface area contributed by atoms with E-state index >= 15 is 0 Å². The van der Waals surface area contributed by atoms with E-state index in [0.717, 1.165) is 16.0 Å². The molecule has 2 nitrogen and oxygen atoms in total. The molecule has 0 aliphatic rings. The molecule has 2 rings (SSSR count). The van der Waals surface area contributed by atoms with Crippen LogP contribution in [0, 0.1) is 6.92 Å². The lowest BCUT2D eigenvalue weighted by Crippen LogP contribution is -2.41. The normalized spacial score (nSPS) is 14.7. The number of carbonyl (C=O) groups excluding carboxylic acids is 1. The van der Waals surface area contributed by atoms with Crippen molar-refractivity contribution in [3.05, 3.63) is 78.4 Å². The number of hydrogen-bond acceptors (Lipinski definition) is 3. The molecule has 0 unspecified atom stereocenters. The van der Waals surface area contributed by atoms with Gasteiger partial charge in [0.15, 0.2) is 6.10 Å². The summed E-state index contributed by atoms with van der Waals surface area (Å²) in [6.45, 7) is 7.43. The number of esters is 1. The van der Waals surface area contributed by atoms with Crippen LogP contribution in [0.4, 0.5) is 4.39 Å². The van der Waals surface area contributed by atoms with E-state index in [2.05, 4.69) is 6.58 Å². The standard InChI is InChI=1S/C23H25Cl2FO2S/c1-4-5-11-20(29-19-14-12-16(2)13-15-19)21(23(24,25)26)28-22(27)17(3)18-9-7-6-8-10-18/h4,6-10,12-15,17,20-21H,1,5,11H2,2-3H3/t17-,20+,21-/m0/s1. The monoisotopic (exact) mass is 454 g/mol. The lowest BCUT2D eigenvalue weighted by Gasteiger charge is -2.31. The number of alkyl halides is 3. The van der Waals surface area contributed by atoms with E-state index in [1.807, 2.05) is 61.5 Å². The van der Waals surface area contributed by atoms with Crippen LogP contribution >= 0.6 is 35.0 Å². The molecule has 0 radical (unpaired) electrons. The Bertz CT molecular complexity index is 791. The van der Waals surface area contributed by atoms with Gasteiger partial charge in [-0.1, -0.05) is 77.3 Å². The Balaban J connectivity index is 2.24. The first kappa shape index (κ1) is 23.8. The molecule has 0 saturated carbocycles. The van der Waals surface area contributed by atoms with Crippen molar-refractivity contribution in [2.75, 3.05) is 0 Å². The van der Waals surface area contributed by atoms with Crippen LogP contribution < -0.4 is 0 Å². The van der Waals surface area contributed by atoms with Crippen molar-refractivity contribution in [2.24, 2.45) is 0 Å². The topological polar surface area (TPSA) is 26.3 Å². The number of ether oxygens (including phenoxy) is 1. The van der Waals surface area contributed by atoms with Crippen LogP contribution in [0.5, 0.6) is 0 Å². The molecule has 0 aliphatic heterocycles. The molecule has 3 atom stereocenters. The number of halogens is 3. The summed E-state index contributed by atoms with van der Waals surface area (Å²) in [7, 11) is 0. The third-order valence-corrected chi connectivity index (χ3v) is 6.28. The molecule has 2 aromatic carbocycles. The van der Waals surface area contributed by atoms with E-state index < -0.39 is 27.8 Å². The van der Waals surface area contributed by atoms with Crippen molar-refractivity contribution in [3.8, 4) is 0 Å². The molecule has 0 aromatic heterocycles. The minimum atomic E-state index is -2.73. The summed E-state index contributed by atoms with van der Waals surface area (Å²) < 4.78 is 17.6. The van der Waals surface area contributed by atoms with Gasteiger partial charge in [0.2, 0.25) is 0 Å². The quantitative estimate of drug-likeness (QED) is 0.164. The Hall–Kier alpha value is -1.49. The van der Waals surface area contributed by atoms with E-state index in [0.29, 0.717) is 12.8 Å². The number of hydrogen-bond donors (Lipinski definition) is 0. The van der Waals surface area contributed by atoms with Crippen LogP contribution in [-0.2, 0) is 9.53 Å². The highest BCUT2D eigenvalue weighted by molar-refractivity contribution is 8.00. The highest BCUT2D eigenvalue weighted by Crippen LogP contribution is 2.40. The second-order valence-electron chi connectivity index (χ2n) is 6.87. The summed E-state index contributed by atoms with van der Waals surface area (Å²) in [5.74, 6) is -1.14. The molecule has 156 valence electrons. The zero-order valence-electron chi connectivity index (χ0n) is 16.5.